The fourth-order valence-electron chi connectivity index (χ4n) is 8.21. The highest BCUT2D eigenvalue weighted by atomic mass is 19.3. The van der Waals surface area contributed by atoms with Gasteiger partial charge in [0.25, 0.3) is 11.8 Å². The minimum absolute atomic E-state index is 0.00193. The topological polar surface area (TPSA) is 120 Å². The molecule has 4 aliphatic rings. The minimum atomic E-state index is -3.00. The number of halogens is 2. The molecule has 6 atom stereocenters. The quantitative estimate of drug-likeness (QED) is 0.336. The summed E-state index contributed by atoms with van der Waals surface area (Å²) in [6.07, 6.45) is 3.36. The molecule has 2 aliphatic carbocycles. The predicted octanol–water partition coefficient (Wildman–Crippen LogP) is 4.79. The van der Waals surface area contributed by atoms with Crippen LogP contribution in [0, 0.1) is 17.8 Å². The van der Waals surface area contributed by atoms with Crippen molar-refractivity contribution >= 4 is 33.9 Å². The molecule has 4 aromatic rings. The molecule has 3 aromatic heterocycles. The number of hydrogen-bond acceptors (Lipinski definition) is 6. The van der Waals surface area contributed by atoms with Crippen molar-refractivity contribution in [3.05, 3.63) is 41.6 Å². The van der Waals surface area contributed by atoms with Crippen LogP contribution in [0.4, 0.5) is 8.78 Å². The number of piperidine rings is 1. The molecule has 2 saturated carbocycles. The molecule has 46 heavy (non-hydrogen) atoms. The number of nitrogens with one attached hydrogen (secondary N) is 1. The van der Waals surface area contributed by atoms with Crippen LogP contribution in [0.1, 0.15) is 67.5 Å². The molecule has 0 unspecified atom stereocenters. The van der Waals surface area contributed by atoms with E-state index in [4.69, 9.17) is 20.4 Å². The summed E-state index contributed by atoms with van der Waals surface area (Å²) in [5.74, 6) is -1.84. The summed E-state index contributed by atoms with van der Waals surface area (Å²) in [5.41, 5.74) is 9.53. The van der Waals surface area contributed by atoms with E-state index < -0.39 is 12.5 Å². The number of alkyl halides is 2. The first-order valence-electron chi connectivity index (χ1n) is 16.3. The first-order valence-corrected chi connectivity index (χ1v) is 16.3. The molecule has 10 nitrogen and oxygen atoms in total. The van der Waals surface area contributed by atoms with E-state index >= 15 is 8.78 Å². The number of carbonyl (C=O) groups excluding carboxylic acids is 2. The Hall–Kier alpha value is -4.06. The van der Waals surface area contributed by atoms with Crippen molar-refractivity contribution < 1.29 is 23.1 Å². The van der Waals surface area contributed by atoms with Crippen molar-refractivity contribution in [2.75, 3.05) is 13.7 Å². The van der Waals surface area contributed by atoms with Gasteiger partial charge in [0, 0.05) is 49.0 Å². The van der Waals surface area contributed by atoms with Crippen LogP contribution in [0.3, 0.4) is 0 Å². The van der Waals surface area contributed by atoms with Gasteiger partial charge < -0.3 is 29.8 Å². The zero-order valence-corrected chi connectivity index (χ0v) is 26.3. The van der Waals surface area contributed by atoms with Crippen molar-refractivity contribution in [2.45, 2.75) is 76.0 Å². The molecule has 3 fully saturated rings. The van der Waals surface area contributed by atoms with Gasteiger partial charge in [-0.1, -0.05) is 0 Å². The van der Waals surface area contributed by atoms with Gasteiger partial charge in [-0.2, -0.15) is 0 Å². The number of imidazole rings is 1. The van der Waals surface area contributed by atoms with E-state index in [1.54, 1.807) is 23.8 Å². The molecule has 5 heterocycles. The summed E-state index contributed by atoms with van der Waals surface area (Å²) in [6.45, 7) is 1.96. The van der Waals surface area contributed by atoms with E-state index in [9.17, 15) is 9.59 Å². The Labute approximate surface area is 265 Å². The predicted molar refractivity (Wildman–Crippen MR) is 168 cm³/mol. The number of fused-ring (bicyclic) bond motifs is 5. The second-order valence-corrected chi connectivity index (χ2v) is 13.8. The highest BCUT2D eigenvalue weighted by molar-refractivity contribution is 6.00. The van der Waals surface area contributed by atoms with Crippen molar-refractivity contribution in [1.29, 1.82) is 0 Å². The van der Waals surface area contributed by atoms with Crippen molar-refractivity contribution in [3.63, 3.8) is 0 Å². The van der Waals surface area contributed by atoms with Crippen LogP contribution in [0.25, 0.3) is 33.6 Å². The maximum atomic E-state index is 15.7. The van der Waals surface area contributed by atoms with Crippen LogP contribution in [0.5, 0.6) is 5.75 Å². The van der Waals surface area contributed by atoms with Crippen LogP contribution in [-0.2, 0) is 18.4 Å². The van der Waals surface area contributed by atoms with E-state index in [1.807, 2.05) is 41.6 Å². The maximum Gasteiger partial charge on any atom is 0.265 e. The third-order valence-electron chi connectivity index (χ3n) is 10.9. The monoisotopic (exact) mass is 631 g/mol. The molecule has 4 bridgehead atoms. The smallest absolute Gasteiger partial charge is 0.265 e. The second kappa shape index (κ2) is 10.5. The molecule has 2 aliphatic heterocycles. The van der Waals surface area contributed by atoms with Crippen molar-refractivity contribution in [3.8, 4) is 17.3 Å². The number of carbonyl (C=O) groups is 2. The summed E-state index contributed by atoms with van der Waals surface area (Å²) in [7, 11) is 3.37. The molecule has 1 saturated heterocycles. The summed E-state index contributed by atoms with van der Waals surface area (Å²) < 4.78 is 40.6. The molecule has 0 spiro atoms. The molecule has 12 heteroatoms. The standard InChI is InChI=1S/C34H39F2N7O3/c1-17-23-8-6-19-13-26(43(30(19)39-23)16-34(35,36)10-4-5-18-11-22(18)32(44)38-17)31-40-24-12-21(14-27(46-3)29(24)41(31)2)33(45)42-15-20-7-9-25(42)28(20)37/h6,8,12-14,17-18,20,22,25,28H,4-5,7,9-11,15-16,37H2,1-3H3,(H,38,44)/t17-,18-,20-,22-,25-,28-/m1/s1. The molecule has 242 valence electrons. The summed E-state index contributed by atoms with van der Waals surface area (Å²) in [6, 6.07) is 8.68. The molecule has 2 amide bonds. The average molecular weight is 632 g/mol. The Morgan fingerprint density at radius 1 is 1.13 bits per heavy atom. The van der Waals surface area contributed by atoms with Gasteiger partial charge in [-0.15, -0.1) is 0 Å². The normalized spacial score (nSPS) is 28.8. The number of hydrogen-bond donors (Lipinski definition) is 2. The third kappa shape index (κ3) is 4.66. The lowest BCUT2D eigenvalue weighted by molar-refractivity contribution is -0.123. The molecule has 1 aromatic carbocycles. The first-order chi connectivity index (χ1) is 22.0. The Morgan fingerprint density at radius 3 is 2.70 bits per heavy atom. The van der Waals surface area contributed by atoms with Gasteiger partial charge in [-0.25, -0.2) is 18.7 Å². The SMILES string of the molecule is COc1cc(C(=O)N2C[C@H]3CC[C@@H]2[C@@H]3N)cc2nc(-c3cc4ccc5nc4n3CC(F)(F)CCC[C@@H]3C[C@H]3C(=O)N[C@@H]5C)n(C)c12. The highest BCUT2D eigenvalue weighted by Gasteiger charge is 2.47. The average Bonchev–Trinajstić information content (AvgIpc) is 3.25. The van der Waals surface area contributed by atoms with Gasteiger partial charge in [0.2, 0.25) is 5.91 Å². The highest BCUT2D eigenvalue weighted by Crippen LogP contribution is 2.44. The van der Waals surface area contributed by atoms with Gasteiger partial charge in [0.05, 0.1) is 36.6 Å². The largest absolute Gasteiger partial charge is 0.494 e. The zero-order chi connectivity index (χ0) is 32.1. The second-order valence-electron chi connectivity index (χ2n) is 13.8. The van der Waals surface area contributed by atoms with Gasteiger partial charge in [-0.3, -0.25) is 9.59 Å². The lowest BCUT2D eigenvalue weighted by Gasteiger charge is -2.27. The number of likely N-dealkylation sites (tertiary alicyclic amines) is 1. The maximum absolute atomic E-state index is 15.7. The zero-order valence-electron chi connectivity index (χ0n) is 26.3. The molecular formula is C34H39F2N7O3. The molecule has 3 N–H and O–H groups in total. The number of aryl methyl sites for hydroxylation is 1. The Bertz CT molecular complexity index is 1900. The number of benzene rings is 1. The van der Waals surface area contributed by atoms with Gasteiger partial charge in [0.1, 0.15) is 16.9 Å². The van der Waals surface area contributed by atoms with Gasteiger partial charge >= 0.3 is 0 Å². The van der Waals surface area contributed by atoms with E-state index in [-0.39, 0.29) is 48.2 Å². The van der Waals surface area contributed by atoms with Crippen molar-refractivity contribution in [2.24, 2.45) is 30.5 Å². The number of rotatable bonds is 3. The van der Waals surface area contributed by atoms with Crippen LogP contribution < -0.4 is 15.8 Å². The van der Waals surface area contributed by atoms with Crippen LogP contribution in [0.2, 0.25) is 0 Å². The molecule has 0 radical (unpaired) electrons. The van der Waals surface area contributed by atoms with Gasteiger partial charge in [-0.05, 0) is 81.2 Å². The van der Waals surface area contributed by atoms with Gasteiger partial charge in [0.15, 0.2) is 5.82 Å². The van der Waals surface area contributed by atoms with Crippen LogP contribution in [0.15, 0.2) is 30.3 Å². The van der Waals surface area contributed by atoms with E-state index in [0.29, 0.717) is 75.9 Å². The van der Waals surface area contributed by atoms with Crippen LogP contribution >= 0.6 is 0 Å². The summed E-state index contributed by atoms with van der Waals surface area (Å²) >= 11 is 0. The summed E-state index contributed by atoms with van der Waals surface area (Å²) in [4.78, 5) is 38.2. The Kier molecular flexibility index (Phi) is 6.69. The first kappa shape index (κ1) is 29.3. The van der Waals surface area contributed by atoms with Crippen LogP contribution in [-0.4, -0.2) is 67.5 Å². The molecule has 8 rings (SSSR count). The lowest BCUT2D eigenvalue weighted by atomic mass is 10.1. The lowest BCUT2D eigenvalue weighted by Crippen LogP contribution is -2.41. The number of aromatic nitrogens is 4. The number of nitrogens with zero attached hydrogens (tertiary/aromatic N) is 5. The third-order valence-corrected chi connectivity index (χ3v) is 10.9. The fourth-order valence-corrected chi connectivity index (χ4v) is 8.21. The summed E-state index contributed by atoms with van der Waals surface area (Å²) in [5, 5.41) is 3.77. The minimum Gasteiger partial charge on any atom is -0.494 e. The van der Waals surface area contributed by atoms with E-state index in [0.717, 1.165) is 19.3 Å². The van der Waals surface area contributed by atoms with Crippen molar-refractivity contribution in [1.82, 2.24) is 29.3 Å². The number of amides is 2. The number of methoxy groups -OCH3 is 1. The number of ether oxygens (including phenoxy) is 1. The van der Waals surface area contributed by atoms with E-state index in [2.05, 4.69) is 5.32 Å². The molecular weight excluding hydrogens is 592 g/mol. The van der Waals surface area contributed by atoms with E-state index in [1.165, 1.54) is 0 Å². The Balaban J connectivity index is 1.23. The number of pyridine rings is 1. The Morgan fingerprint density at radius 2 is 1.96 bits per heavy atom. The number of nitrogens with two attached hydrogens (primary N) is 1. The fraction of sp³-hybridized carbons (Fsp3) is 0.529.